The maximum absolute atomic E-state index is 10.4. The molecule has 0 aromatic carbocycles. The predicted molar refractivity (Wildman–Crippen MR) is 72.5 cm³/mol. The Morgan fingerprint density at radius 1 is 0.875 bits per heavy atom. The fraction of sp³-hybridized carbons (Fsp3) is 1.00. The van der Waals surface area contributed by atoms with Gasteiger partial charge in [-0.3, -0.25) is 0 Å². The van der Waals surface area contributed by atoms with Gasteiger partial charge in [0.05, 0.1) is 6.10 Å². The normalized spacial score (nSPS) is 17.8. The third-order valence-electron chi connectivity index (χ3n) is 3.34. The van der Waals surface area contributed by atoms with E-state index in [0.29, 0.717) is 23.7 Å². The Hall–Kier alpha value is -0.0400. The van der Waals surface area contributed by atoms with Gasteiger partial charge in [-0.25, -0.2) is 0 Å². The molecule has 0 aliphatic heterocycles. The molecule has 0 aliphatic carbocycles. The van der Waals surface area contributed by atoms with E-state index in [0.717, 1.165) is 12.8 Å². The Bertz CT molecular complexity index is 163. The van der Waals surface area contributed by atoms with Gasteiger partial charge in [0.1, 0.15) is 0 Å². The lowest BCUT2D eigenvalue weighted by Gasteiger charge is -2.29. The topological polar surface area (TPSA) is 20.2 Å². The monoisotopic (exact) mass is 228 g/mol. The quantitative estimate of drug-likeness (QED) is 0.649. The van der Waals surface area contributed by atoms with Crippen LogP contribution in [0.3, 0.4) is 0 Å². The molecule has 1 N–H and O–H groups in total. The first kappa shape index (κ1) is 16.0. The maximum atomic E-state index is 10.4. The van der Waals surface area contributed by atoms with Crippen molar-refractivity contribution in [3.63, 3.8) is 0 Å². The van der Waals surface area contributed by atoms with E-state index >= 15 is 0 Å². The van der Waals surface area contributed by atoms with Crippen molar-refractivity contribution in [1.82, 2.24) is 0 Å². The average molecular weight is 228 g/mol. The molecular weight excluding hydrogens is 196 g/mol. The summed E-state index contributed by atoms with van der Waals surface area (Å²) in [4.78, 5) is 0. The number of hydrogen-bond acceptors (Lipinski definition) is 1. The van der Waals surface area contributed by atoms with Gasteiger partial charge < -0.3 is 5.11 Å². The number of rotatable bonds is 8. The van der Waals surface area contributed by atoms with Crippen LogP contribution in [0.25, 0.3) is 0 Å². The van der Waals surface area contributed by atoms with Gasteiger partial charge in [-0.15, -0.1) is 0 Å². The highest BCUT2D eigenvalue weighted by molar-refractivity contribution is 4.75. The zero-order valence-corrected chi connectivity index (χ0v) is 12.2. The molecule has 3 atom stereocenters. The summed E-state index contributed by atoms with van der Waals surface area (Å²) in [6.45, 7) is 13.4. The van der Waals surface area contributed by atoms with Gasteiger partial charge in [0, 0.05) is 0 Å². The highest BCUT2D eigenvalue weighted by Gasteiger charge is 2.25. The van der Waals surface area contributed by atoms with E-state index < -0.39 is 0 Å². The van der Waals surface area contributed by atoms with E-state index in [4.69, 9.17) is 0 Å². The second-order valence-corrected chi connectivity index (χ2v) is 6.28. The van der Waals surface area contributed by atoms with Crippen molar-refractivity contribution >= 4 is 0 Å². The smallest absolute Gasteiger partial charge is 0.0594 e. The lowest BCUT2D eigenvalue weighted by atomic mass is 9.80. The molecule has 0 saturated heterocycles. The van der Waals surface area contributed by atoms with Crippen molar-refractivity contribution in [2.45, 2.75) is 73.3 Å². The number of aliphatic hydroxyl groups is 1. The SMILES string of the molecule is CCCC(CC(C)C)C(O)C(C)CC(C)C. The summed E-state index contributed by atoms with van der Waals surface area (Å²) < 4.78 is 0. The highest BCUT2D eigenvalue weighted by Crippen LogP contribution is 2.28. The molecule has 3 unspecified atom stereocenters. The third-order valence-corrected chi connectivity index (χ3v) is 3.34. The molecule has 1 heteroatoms. The van der Waals surface area contributed by atoms with Gasteiger partial charge in [0.25, 0.3) is 0 Å². The van der Waals surface area contributed by atoms with Gasteiger partial charge >= 0.3 is 0 Å². The second-order valence-electron chi connectivity index (χ2n) is 6.28. The van der Waals surface area contributed by atoms with Crippen LogP contribution in [0.1, 0.15) is 67.2 Å². The minimum atomic E-state index is -0.107. The maximum Gasteiger partial charge on any atom is 0.0594 e. The van der Waals surface area contributed by atoms with E-state index in [1.165, 1.54) is 12.8 Å². The molecule has 0 amide bonds. The Balaban J connectivity index is 4.28. The van der Waals surface area contributed by atoms with Crippen LogP contribution in [0.4, 0.5) is 0 Å². The van der Waals surface area contributed by atoms with Crippen molar-refractivity contribution in [2.75, 3.05) is 0 Å². The van der Waals surface area contributed by atoms with E-state index in [-0.39, 0.29) is 6.10 Å². The van der Waals surface area contributed by atoms with Crippen molar-refractivity contribution in [1.29, 1.82) is 0 Å². The zero-order chi connectivity index (χ0) is 12.7. The Morgan fingerprint density at radius 3 is 1.75 bits per heavy atom. The van der Waals surface area contributed by atoms with Crippen molar-refractivity contribution in [2.24, 2.45) is 23.7 Å². The van der Waals surface area contributed by atoms with Crippen LogP contribution < -0.4 is 0 Å². The van der Waals surface area contributed by atoms with Crippen molar-refractivity contribution in [3.05, 3.63) is 0 Å². The van der Waals surface area contributed by atoms with Crippen LogP contribution in [-0.2, 0) is 0 Å². The summed E-state index contributed by atoms with van der Waals surface area (Å²) in [6, 6.07) is 0. The van der Waals surface area contributed by atoms with Gasteiger partial charge in [0.2, 0.25) is 0 Å². The Kier molecular flexibility index (Phi) is 8.09. The first-order valence-electron chi connectivity index (χ1n) is 7.06. The molecule has 98 valence electrons. The van der Waals surface area contributed by atoms with Crippen molar-refractivity contribution < 1.29 is 5.11 Å². The molecule has 0 rings (SSSR count). The molecule has 0 fully saturated rings. The lowest BCUT2D eigenvalue weighted by molar-refractivity contribution is 0.0353. The van der Waals surface area contributed by atoms with Crippen LogP contribution in [0.15, 0.2) is 0 Å². The summed E-state index contributed by atoms with van der Waals surface area (Å²) >= 11 is 0. The molecule has 0 aliphatic rings. The molecule has 16 heavy (non-hydrogen) atoms. The summed E-state index contributed by atoms with van der Waals surface area (Å²) in [7, 11) is 0. The molecule has 0 radical (unpaired) electrons. The van der Waals surface area contributed by atoms with Crippen LogP contribution in [-0.4, -0.2) is 11.2 Å². The summed E-state index contributed by atoms with van der Waals surface area (Å²) in [5.41, 5.74) is 0. The fourth-order valence-corrected chi connectivity index (χ4v) is 2.75. The molecule has 0 aromatic heterocycles. The standard InChI is InChI=1S/C15H32O/c1-7-8-14(10-12(4)5)15(16)13(6)9-11(2)3/h11-16H,7-10H2,1-6H3. The molecule has 0 spiro atoms. The minimum Gasteiger partial charge on any atom is -0.393 e. The molecule has 0 saturated carbocycles. The van der Waals surface area contributed by atoms with Crippen LogP contribution in [0.2, 0.25) is 0 Å². The fourth-order valence-electron chi connectivity index (χ4n) is 2.75. The zero-order valence-electron chi connectivity index (χ0n) is 12.2. The summed E-state index contributed by atoms with van der Waals surface area (Å²) in [6.07, 6.45) is 4.55. The van der Waals surface area contributed by atoms with E-state index in [9.17, 15) is 5.11 Å². The first-order chi connectivity index (χ1) is 7.38. The van der Waals surface area contributed by atoms with Gasteiger partial charge in [-0.1, -0.05) is 48.0 Å². The third kappa shape index (κ3) is 6.52. The van der Waals surface area contributed by atoms with Crippen LogP contribution in [0, 0.1) is 23.7 Å². The molecular formula is C15H32O. The van der Waals surface area contributed by atoms with Crippen LogP contribution in [0.5, 0.6) is 0 Å². The van der Waals surface area contributed by atoms with Gasteiger partial charge in [-0.2, -0.15) is 0 Å². The largest absolute Gasteiger partial charge is 0.393 e. The van der Waals surface area contributed by atoms with Gasteiger partial charge in [-0.05, 0) is 42.9 Å². The molecule has 1 nitrogen and oxygen atoms in total. The minimum absolute atomic E-state index is 0.107. The van der Waals surface area contributed by atoms with Crippen molar-refractivity contribution in [3.8, 4) is 0 Å². The van der Waals surface area contributed by atoms with Crippen LogP contribution >= 0.6 is 0 Å². The van der Waals surface area contributed by atoms with Gasteiger partial charge in [0.15, 0.2) is 0 Å². The molecule has 0 heterocycles. The molecule has 0 bridgehead atoms. The lowest BCUT2D eigenvalue weighted by Crippen LogP contribution is -2.29. The van der Waals surface area contributed by atoms with E-state index in [1.54, 1.807) is 0 Å². The average Bonchev–Trinajstić information content (AvgIpc) is 2.14. The predicted octanol–water partition coefficient (Wildman–Crippen LogP) is 4.49. The second kappa shape index (κ2) is 8.11. The number of hydrogen-bond donors (Lipinski definition) is 1. The Labute approximate surface area is 103 Å². The van der Waals surface area contributed by atoms with E-state index in [1.807, 2.05) is 0 Å². The highest BCUT2D eigenvalue weighted by atomic mass is 16.3. The summed E-state index contributed by atoms with van der Waals surface area (Å²) in [5.74, 6) is 2.32. The van der Waals surface area contributed by atoms with E-state index in [2.05, 4.69) is 41.5 Å². The first-order valence-corrected chi connectivity index (χ1v) is 7.06. The summed E-state index contributed by atoms with van der Waals surface area (Å²) in [5, 5.41) is 10.4. The Morgan fingerprint density at radius 2 is 1.38 bits per heavy atom. The number of aliphatic hydroxyl groups excluding tert-OH is 1. The molecule has 0 aromatic rings.